The van der Waals surface area contributed by atoms with Gasteiger partial charge in [-0.3, -0.25) is 0 Å². The molecular weight excluding hydrogens is 450 g/mol. The highest BCUT2D eigenvalue weighted by molar-refractivity contribution is 7.14. The standard InChI is InChI=1S/C31H23NS2/c1-2-14-32-29(11-1)25-10-4-8-23(18-25)22-7-3-9-24(17-22)26-19-27(30-12-5-15-33-30)21-28(20-26)31-13-6-16-34-31/h1-13,15-21,32H,14H2. The average molecular weight is 474 g/mol. The molecule has 0 bridgehead atoms. The summed E-state index contributed by atoms with van der Waals surface area (Å²) in [4.78, 5) is 2.59. The molecule has 2 aromatic heterocycles. The van der Waals surface area contributed by atoms with E-state index in [-0.39, 0.29) is 0 Å². The maximum absolute atomic E-state index is 3.47. The van der Waals surface area contributed by atoms with Crippen molar-refractivity contribution < 1.29 is 0 Å². The summed E-state index contributed by atoms with van der Waals surface area (Å²) in [5.74, 6) is 0. The topological polar surface area (TPSA) is 12.0 Å². The molecule has 1 nitrogen and oxygen atoms in total. The lowest BCUT2D eigenvalue weighted by Gasteiger charge is -2.14. The van der Waals surface area contributed by atoms with E-state index in [1.807, 2.05) is 0 Å². The van der Waals surface area contributed by atoms with Crippen LogP contribution in [-0.2, 0) is 0 Å². The van der Waals surface area contributed by atoms with Crippen molar-refractivity contribution in [3.05, 3.63) is 126 Å². The van der Waals surface area contributed by atoms with Gasteiger partial charge in [-0.05, 0) is 98.2 Å². The second-order valence-electron chi connectivity index (χ2n) is 8.30. The van der Waals surface area contributed by atoms with Crippen molar-refractivity contribution in [2.24, 2.45) is 0 Å². The molecule has 0 atom stereocenters. The van der Waals surface area contributed by atoms with E-state index in [9.17, 15) is 0 Å². The summed E-state index contributed by atoms with van der Waals surface area (Å²) >= 11 is 3.58. The minimum atomic E-state index is 0.874. The Labute approximate surface area is 208 Å². The lowest BCUT2D eigenvalue weighted by Crippen LogP contribution is -2.14. The Morgan fingerprint density at radius 1 is 0.529 bits per heavy atom. The van der Waals surface area contributed by atoms with Crippen molar-refractivity contribution in [2.45, 2.75) is 0 Å². The van der Waals surface area contributed by atoms with E-state index >= 15 is 0 Å². The van der Waals surface area contributed by atoms with Crippen LogP contribution < -0.4 is 5.32 Å². The molecule has 0 fully saturated rings. The Kier molecular flexibility index (Phi) is 5.72. The van der Waals surface area contributed by atoms with Gasteiger partial charge in [0.25, 0.3) is 0 Å². The van der Waals surface area contributed by atoms with Gasteiger partial charge in [0, 0.05) is 22.0 Å². The van der Waals surface area contributed by atoms with Gasteiger partial charge in [0.15, 0.2) is 0 Å². The van der Waals surface area contributed by atoms with Gasteiger partial charge in [-0.25, -0.2) is 0 Å². The lowest BCUT2D eigenvalue weighted by atomic mass is 9.94. The average Bonchev–Trinajstić information content (AvgIpc) is 3.64. The predicted octanol–water partition coefficient (Wildman–Crippen LogP) is 8.98. The zero-order valence-electron chi connectivity index (χ0n) is 18.6. The minimum absolute atomic E-state index is 0.874. The van der Waals surface area contributed by atoms with Crippen LogP contribution in [-0.4, -0.2) is 6.54 Å². The van der Waals surface area contributed by atoms with Gasteiger partial charge in [0.05, 0.1) is 0 Å². The van der Waals surface area contributed by atoms with Gasteiger partial charge in [-0.15, -0.1) is 22.7 Å². The number of allylic oxidation sites excluding steroid dienone is 2. The monoisotopic (exact) mass is 473 g/mol. The number of benzene rings is 3. The number of dihydropyridines is 1. The van der Waals surface area contributed by atoms with Crippen LogP contribution in [0.4, 0.5) is 0 Å². The fourth-order valence-corrected chi connectivity index (χ4v) is 5.80. The minimum Gasteiger partial charge on any atom is -0.381 e. The zero-order valence-corrected chi connectivity index (χ0v) is 20.2. The molecule has 3 heterocycles. The molecular formula is C31H23NS2. The molecule has 1 aliphatic heterocycles. The molecule has 0 spiro atoms. The fraction of sp³-hybridized carbons (Fsp3) is 0.0323. The van der Waals surface area contributed by atoms with Crippen molar-refractivity contribution in [1.29, 1.82) is 0 Å². The molecule has 0 saturated heterocycles. The molecule has 0 unspecified atom stereocenters. The molecule has 6 rings (SSSR count). The van der Waals surface area contributed by atoms with Gasteiger partial charge >= 0.3 is 0 Å². The van der Waals surface area contributed by atoms with Crippen LogP contribution in [0, 0.1) is 0 Å². The van der Waals surface area contributed by atoms with Gasteiger partial charge < -0.3 is 5.32 Å². The summed E-state index contributed by atoms with van der Waals surface area (Å²) in [5.41, 5.74) is 9.86. The van der Waals surface area contributed by atoms with Crippen molar-refractivity contribution in [3.8, 4) is 43.1 Å². The first-order valence-corrected chi connectivity index (χ1v) is 13.1. The molecule has 0 radical (unpaired) electrons. The van der Waals surface area contributed by atoms with Crippen molar-refractivity contribution in [2.75, 3.05) is 6.54 Å². The van der Waals surface area contributed by atoms with Crippen LogP contribution in [0.15, 0.2) is 120 Å². The third-order valence-corrected chi connectivity index (χ3v) is 7.89. The summed E-state index contributed by atoms with van der Waals surface area (Å²) in [5, 5.41) is 7.76. The normalized spacial score (nSPS) is 12.9. The van der Waals surface area contributed by atoms with Crippen molar-refractivity contribution in [1.82, 2.24) is 5.32 Å². The largest absolute Gasteiger partial charge is 0.381 e. The molecule has 164 valence electrons. The predicted molar refractivity (Wildman–Crippen MR) is 149 cm³/mol. The summed E-state index contributed by atoms with van der Waals surface area (Å²) < 4.78 is 0. The number of rotatable bonds is 5. The molecule has 5 aromatic rings. The van der Waals surface area contributed by atoms with E-state index in [2.05, 4.69) is 125 Å². The van der Waals surface area contributed by atoms with Crippen LogP contribution in [0.5, 0.6) is 0 Å². The molecule has 3 aromatic carbocycles. The summed E-state index contributed by atoms with van der Waals surface area (Å²) in [6.07, 6.45) is 6.39. The third-order valence-electron chi connectivity index (χ3n) is 6.06. The van der Waals surface area contributed by atoms with E-state index in [0.29, 0.717) is 0 Å². The smallest absolute Gasteiger partial charge is 0.0416 e. The number of hydrogen-bond acceptors (Lipinski definition) is 3. The Bertz CT molecular complexity index is 1440. The van der Waals surface area contributed by atoms with Crippen LogP contribution in [0.1, 0.15) is 5.56 Å². The van der Waals surface area contributed by atoms with Crippen LogP contribution in [0.2, 0.25) is 0 Å². The second kappa shape index (κ2) is 9.30. The third kappa shape index (κ3) is 4.28. The molecule has 0 amide bonds. The molecule has 1 N–H and O–H groups in total. The van der Waals surface area contributed by atoms with E-state index < -0.39 is 0 Å². The van der Waals surface area contributed by atoms with E-state index in [4.69, 9.17) is 0 Å². The zero-order chi connectivity index (χ0) is 22.7. The first kappa shape index (κ1) is 20.9. The molecule has 0 aliphatic carbocycles. The quantitative estimate of drug-likeness (QED) is 0.268. The maximum atomic E-state index is 3.47. The van der Waals surface area contributed by atoms with Gasteiger partial charge in [-0.2, -0.15) is 0 Å². The summed E-state index contributed by atoms with van der Waals surface area (Å²) in [6, 6.07) is 33.3. The van der Waals surface area contributed by atoms with E-state index in [0.717, 1.165) is 6.54 Å². The first-order chi connectivity index (χ1) is 16.8. The Morgan fingerprint density at radius 3 is 1.62 bits per heavy atom. The highest BCUT2D eigenvalue weighted by Crippen LogP contribution is 2.37. The number of thiophene rings is 2. The number of nitrogens with one attached hydrogen (secondary N) is 1. The van der Waals surface area contributed by atoms with Gasteiger partial charge in [-0.1, -0.05) is 60.7 Å². The summed E-state index contributed by atoms with van der Waals surface area (Å²) in [7, 11) is 0. The highest BCUT2D eigenvalue weighted by atomic mass is 32.1. The second-order valence-corrected chi connectivity index (χ2v) is 10.2. The number of hydrogen-bond donors (Lipinski definition) is 1. The van der Waals surface area contributed by atoms with E-state index in [1.54, 1.807) is 22.7 Å². The SMILES string of the molecule is C1=CCNC(c2cccc(-c3cccc(-c4cc(-c5cccs5)cc(-c5cccs5)c4)c3)c2)=C1. The Morgan fingerprint density at radius 2 is 1.06 bits per heavy atom. The fourth-order valence-electron chi connectivity index (χ4n) is 4.37. The highest BCUT2D eigenvalue weighted by Gasteiger charge is 2.10. The van der Waals surface area contributed by atoms with Crippen LogP contribution >= 0.6 is 22.7 Å². The molecule has 0 saturated carbocycles. The van der Waals surface area contributed by atoms with Crippen LogP contribution in [0.3, 0.4) is 0 Å². The van der Waals surface area contributed by atoms with Gasteiger partial charge in [0.1, 0.15) is 0 Å². The molecule has 3 heteroatoms. The van der Waals surface area contributed by atoms with Crippen molar-refractivity contribution in [3.63, 3.8) is 0 Å². The Balaban J connectivity index is 1.42. The molecule has 1 aliphatic rings. The molecule has 34 heavy (non-hydrogen) atoms. The van der Waals surface area contributed by atoms with Gasteiger partial charge in [0.2, 0.25) is 0 Å². The first-order valence-electron chi connectivity index (χ1n) is 11.4. The Hall–Kier alpha value is -3.66. The van der Waals surface area contributed by atoms with Crippen molar-refractivity contribution >= 4 is 28.4 Å². The lowest BCUT2D eigenvalue weighted by molar-refractivity contribution is 0.996. The van der Waals surface area contributed by atoms with Crippen LogP contribution in [0.25, 0.3) is 48.8 Å². The maximum Gasteiger partial charge on any atom is 0.0416 e. The summed E-state index contributed by atoms with van der Waals surface area (Å²) in [6.45, 7) is 0.874. The van der Waals surface area contributed by atoms with E-state index in [1.165, 1.54) is 54.4 Å².